The van der Waals surface area contributed by atoms with Crippen LogP contribution in [0.5, 0.6) is 0 Å². The number of benzene rings is 3. The minimum Gasteiger partial charge on any atom is -0.436 e. The highest BCUT2D eigenvalue weighted by atomic mass is 79.9. The number of carbonyl (C=O) groups excluding carboxylic acids is 1. The number of rotatable bonds is 5. The third-order valence-electron chi connectivity index (χ3n) is 4.66. The zero-order valence-corrected chi connectivity index (χ0v) is 17.5. The van der Waals surface area contributed by atoms with Crippen molar-refractivity contribution >= 4 is 44.3 Å². The molecular formula is C22H16BrN3O4. The molecule has 4 aromatic rings. The summed E-state index contributed by atoms with van der Waals surface area (Å²) in [4.78, 5) is 27.6. The van der Waals surface area contributed by atoms with Crippen molar-refractivity contribution in [3.8, 4) is 11.5 Å². The number of aromatic nitrogens is 1. The van der Waals surface area contributed by atoms with Gasteiger partial charge in [0.05, 0.1) is 10.5 Å². The molecule has 0 atom stereocenters. The number of aryl methyl sites for hydroxylation is 1. The Kier molecular flexibility index (Phi) is 5.33. The van der Waals surface area contributed by atoms with Crippen molar-refractivity contribution in [1.29, 1.82) is 0 Å². The van der Waals surface area contributed by atoms with Gasteiger partial charge in [0.15, 0.2) is 5.58 Å². The number of nitrogens with one attached hydrogen (secondary N) is 1. The second-order valence-corrected chi connectivity index (χ2v) is 7.48. The minimum absolute atomic E-state index is 0.158. The largest absolute Gasteiger partial charge is 0.436 e. The molecule has 0 aliphatic rings. The van der Waals surface area contributed by atoms with E-state index < -0.39 is 10.8 Å². The van der Waals surface area contributed by atoms with Gasteiger partial charge in [0.1, 0.15) is 5.52 Å². The number of nitro groups is 1. The Morgan fingerprint density at radius 3 is 2.60 bits per heavy atom. The van der Waals surface area contributed by atoms with Crippen LogP contribution in [0.25, 0.3) is 22.6 Å². The number of non-ortho nitro benzene ring substituents is 1. The van der Waals surface area contributed by atoms with E-state index in [4.69, 9.17) is 4.42 Å². The lowest BCUT2D eigenvalue weighted by molar-refractivity contribution is -0.384. The third kappa shape index (κ3) is 3.95. The standard InChI is InChI=1S/C22H16BrN3O4/c1-2-13-3-5-14(6-4-13)22-25-19-11-15(7-10-20(19)30-22)24-21(27)17-12-16(26(28)29)8-9-18(17)23/h3-12H,2H2,1H3,(H,24,27). The monoisotopic (exact) mass is 465 g/mol. The van der Waals surface area contributed by atoms with E-state index in [0.717, 1.165) is 12.0 Å². The van der Waals surface area contributed by atoms with Crippen LogP contribution in [0.15, 0.2) is 69.6 Å². The first-order valence-electron chi connectivity index (χ1n) is 9.20. The van der Waals surface area contributed by atoms with Gasteiger partial charge in [0, 0.05) is 27.9 Å². The minimum atomic E-state index is -0.542. The van der Waals surface area contributed by atoms with Gasteiger partial charge in [0.2, 0.25) is 5.89 Å². The molecular weight excluding hydrogens is 450 g/mol. The van der Waals surface area contributed by atoms with Crippen LogP contribution >= 0.6 is 15.9 Å². The van der Waals surface area contributed by atoms with Gasteiger partial charge in [-0.1, -0.05) is 19.1 Å². The molecule has 1 amide bonds. The highest BCUT2D eigenvalue weighted by molar-refractivity contribution is 9.10. The lowest BCUT2D eigenvalue weighted by Crippen LogP contribution is -2.12. The summed E-state index contributed by atoms with van der Waals surface area (Å²) in [6, 6.07) is 17.2. The Morgan fingerprint density at radius 1 is 1.13 bits per heavy atom. The first kappa shape index (κ1) is 19.8. The van der Waals surface area contributed by atoms with Crippen molar-refractivity contribution < 1.29 is 14.1 Å². The summed E-state index contributed by atoms with van der Waals surface area (Å²) in [6.45, 7) is 2.09. The molecule has 1 heterocycles. The predicted octanol–water partition coefficient (Wildman–Crippen LogP) is 5.98. The van der Waals surface area contributed by atoms with Gasteiger partial charge in [-0.2, -0.15) is 0 Å². The van der Waals surface area contributed by atoms with Crippen LogP contribution in [0, 0.1) is 10.1 Å². The van der Waals surface area contributed by atoms with E-state index in [1.165, 1.54) is 23.8 Å². The van der Waals surface area contributed by atoms with Crippen molar-refractivity contribution in [3.05, 3.63) is 86.4 Å². The molecule has 0 aliphatic heterocycles. The highest BCUT2D eigenvalue weighted by Gasteiger charge is 2.16. The smallest absolute Gasteiger partial charge is 0.270 e. The van der Waals surface area contributed by atoms with Gasteiger partial charge in [0.25, 0.3) is 11.6 Å². The molecule has 3 aromatic carbocycles. The Morgan fingerprint density at radius 2 is 1.90 bits per heavy atom. The lowest BCUT2D eigenvalue weighted by Gasteiger charge is -2.06. The fraction of sp³-hybridized carbons (Fsp3) is 0.0909. The van der Waals surface area contributed by atoms with Crippen molar-refractivity contribution in [2.24, 2.45) is 0 Å². The molecule has 8 heteroatoms. The quantitative estimate of drug-likeness (QED) is 0.288. The Hall–Kier alpha value is -3.52. The average Bonchev–Trinajstić information content (AvgIpc) is 3.17. The summed E-state index contributed by atoms with van der Waals surface area (Å²) >= 11 is 3.26. The zero-order valence-electron chi connectivity index (χ0n) is 15.9. The summed E-state index contributed by atoms with van der Waals surface area (Å²) in [5.41, 5.74) is 3.81. The number of fused-ring (bicyclic) bond motifs is 1. The lowest BCUT2D eigenvalue weighted by atomic mass is 10.1. The maximum atomic E-state index is 12.6. The first-order valence-corrected chi connectivity index (χ1v) is 9.99. The molecule has 1 aromatic heterocycles. The first-order chi connectivity index (χ1) is 14.4. The summed E-state index contributed by atoms with van der Waals surface area (Å²) in [6.07, 6.45) is 0.956. The normalized spacial score (nSPS) is 10.9. The molecule has 1 N–H and O–H groups in total. The fourth-order valence-corrected chi connectivity index (χ4v) is 3.44. The van der Waals surface area contributed by atoms with E-state index in [2.05, 4.69) is 33.2 Å². The molecule has 0 radical (unpaired) electrons. The van der Waals surface area contributed by atoms with Crippen LogP contribution in [-0.2, 0) is 6.42 Å². The van der Waals surface area contributed by atoms with Crippen molar-refractivity contribution in [3.63, 3.8) is 0 Å². The number of anilines is 1. The molecule has 0 aliphatic carbocycles. The van der Waals surface area contributed by atoms with Gasteiger partial charge in [-0.3, -0.25) is 14.9 Å². The van der Waals surface area contributed by atoms with Crippen molar-refractivity contribution in [2.45, 2.75) is 13.3 Å². The van der Waals surface area contributed by atoms with E-state index in [9.17, 15) is 14.9 Å². The predicted molar refractivity (Wildman–Crippen MR) is 118 cm³/mol. The molecule has 0 unspecified atom stereocenters. The third-order valence-corrected chi connectivity index (χ3v) is 5.35. The van der Waals surface area contributed by atoms with Crippen LogP contribution in [-0.4, -0.2) is 15.8 Å². The van der Waals surface area contributed by atoms with Gasteiger partial charge < -0.3 is 9.73 Å². The maximum Gasteiger partial charge on any atom is 0.270 e. The number of halogens is 1. The molecule has 0 bridgehead atoms. The number of hydrogen-bond acceptors (Lipinski definition) is 5. The molecule has 0 saturated heterocycles. The average molecular weight is 466 g/mol. The molecule has 0 fully saturated rings. The fourth-order valence-electron chi connectivity index (χ4n) is 3.01. The van der Waals surface area contributed by atoms with Crippen molar-refractivity contribution in [2.75, 3.05) is 5.32 Å². The zero-order chi connectivity index (χ0) is 21.3. The molecule has 150 valence electrons. The second kappa shape index (κ2) is 8.08. The molecule has 30 heavy (non-hydrogen) atoms. The van der Waals surface area contributed by atoms with Crippen molar-refractivity contribution in [1.82, 2.24) is 4.98 Å². The second-order valence-electron chi connectivity index (χ2n) is 6.63. The Labute approximate surface area is 180 Å². The van der Waals surface area contributed by atoms with E-state index in [1.54, 1.807) is 18.2 Å². The number of hydrogen-bond donors (Lipinski definition) is 1. The van der Waals surface area contributed by atoms with Crippen LogP contribution in [0.2, 0.25) is 0 Å². The van der Waals surface area contributed by atoms with Crippen LogP contribution < -0.4 is 5.32 Å². The van der Waals surface area contributed by atoms with E-state index >= 15 is 0 Å². The van der Waals surface area contributed by atoms with Gasteiger partial charge in [-0.25, -0.2) is 4.98 Å². The number of nitrogens with zero attached hydrogens (tertiary/aromatic N) is 2. The Bertz CT molecular complexity index is 1270. The SMILES string of the molecule is CCc1ccc(-c2nc3cc(NC(=O)c4cc([N+](=O)[O-])ccc4Br)ccc3o2)cc1. The van der Waals surface area contributed by atoms with Gasteiger partial charge >= 0.3 is 0 Å². The number of carbonyl (C=O) groups is 1. The topological polar surface area (TPSA) is 98.3 Å². The van der Waals surface area contributed by atoms with Crippen LogP contribution in [0.4, 0.5) is 11.4 Å². The molecule has 4 rings (SSSR count). The Balaban J connectivity index is 1.60. The number of nitro benzene ring substituents is 1. The summed E-state index contributed by atoms with van der Waals surface area (Å²) in [7, 11) is 0. The van der Waals surface area contributed by atoms with E-state index in [-0.39, 0.29) is 11.3 Å². The van der Waals surface area contributed by atoms with Gasteiger partial charge in [-0.05, 0) is 64.3 Å². The van der Waals surface area contributed by atoms with Gasteiger partial charge in [-0.15, -0.1) is 0 Å². The molecule has 0 saturated carbocycles. The summed E-state index contributed by atoms with van der Waals surface area (Å²) in [5, 5.41) is 13.7. The molecule has 0 spiro atoms. The van der Waals surface area contributed by atoms with E-state index in [1.807, 2.05) is 24.3 Å². The summed E-state index contributed by atoms with van der Waals surface area (Å²) in [5.74, 6) is 0.0290. The maximum absolute atomic E-state index is 12.6. The van der Waals surface area contributed by atoms with Crippen LogP contribution in [0.1, 0.15) is 22.8 Å². The number of oxazole rings is 1. The van der Waals surface area contributed by atoms with E-state index in [0.29, 0.717) is 27.2 Å². The highest BCUT2D eigenvalue weighted by Crippen LogP contribution is 2.28. The number of amides is 1. The van der Waals surface area contributed by atoms with Crippen LogP contribution in [0.3, 0.4) is 0 Å². The molecule has 7 nitrogen and oxygen atoms in total. The summed E-state index contributed by atoms with van der Waals surface area (Å²) < 4.78 is 6.29.